The van der Waals surface area contributed by atoms with E-state index in [1.165, 1.54) is 0 Å². The SMILES string of the molecule is COc1ccc(C(=O)NNC(CO)c2cc3ccccc3s2)cc1. The summed E-state index contributed by atoms with van der Waals surface area (Å²) in [5, 5.41) is 10.8. The number of aliphatic hydroxyl groups is 1. The Kier molecular flexibility index (Phi) is 5.10. The fourth-order valence-electron chi connectivity index (χ4n) is 2.35. The van der Waals surface area contributed by atoms with Crippen molar-refractivity contribution >= 4 is 27.3 Å². The molecular weight excluding hydrogens is 324 g/mol. The molecule has 24 heavy (non-hydrogen) atoms. The third-order valence-corrected chi connectivity index (χ3v) is 4.91. The number of fused-ring (bicyclic) bond motifs is 1. The summed E-state index contributed by atoms with van der Waals surface area (Å²) in [7, 11) is 1.58. The summed E-state index contributed by atoms with van der Waals surface area (Å²) in [5.74, 6) is 0.426. The van der Waals surface area contributed by atoms with Gasteiger partial charge in [-0.25, -0.2) is 5.43 Å². The number of benzene rings is 2. The fraction of sp³-hybridized carbons (Fsp3) is 0.167. The number of aliphatic hydroxyl groups excluding tert-OH is 1. The third kappa shape index (κ3) is 3.56. The topological polar surface area (TPSA) is 70.6 Å². The van der Waals surface area contributed by atoms with Crippen LogP contribution in [0.1, 0.15) is 21.3 Å². The molecule has 0 saturated heterocycles. The van der Waals surface area contributed by atoms with Gasteiger partial charge in [-0.3, -0.25) is 10.2 Å². The molecule has 1 atom stereocenters. The molecule has 0 radical (unpaired) electrons. The first-order valence-corrected chi connectivity index (χ1v) is 8.32. The number of hydrogen-bond acceptors (Lipinski definition) is 5. The van der Waals surface area contributed by atoms with Gasteiger partial charge in [-0.15, -0.1) is 11.3 Å². The number of hydrazine groups is 1. The van der Waals surface area contributed by atoms with E-state index in [-0.39, 0.29) is 18.6 Å². The van der Waals surface area contributed by atoms with Crippen LogP contribution < -0.4 is 15.6 Å². The molecule has 124 valence electrons. The number of amides is 1. The zero-order chi connectivity index (χ0) is 16.9. The van der Waals surface area contributed by atoms with E-state index in [9.17, 15) is 9.90 Å². The van der Waals surface area contributed by atoms with Crippen molar-refractivity contribution in [2.75, 3.05) is 13.7 Å². The highest BCUT2D eigenvalue weighted by molar-refractivity contribution is 7.19. The third-order valence-electron chi connectivity index (χ3n) is 3.68. The molecule has 6 heteroatoms. The van der Waals surface area contributed by atoms with Crippen LogP contribution in [0.2, 0.25) is 0 Å². The van der Waals surface area contributed by atoms with E-state index < -0.39 is 0 Å². The Morgan fingerprint density at radius 1 is 1.21 bits per heavy atom. The molecule has 0 aliphatic carbocycles. The van der Waals surface area contributed by atoms with Gasteiger partial charge in [0, 0.05) is 15.1 Å². The van der Waals surface area contributed by atoms with Crippen LogP contribution in [-0.2, 0) is 0 Å². The molecular formula is C18H18N2O3S. The summed E-state index contributed by atoms with van der Waals surface area (Å²) in [6.07, 6.45) is 0. The maximum Gasteiger partial charge on any atom is 0.265 e. The molecule has 0 aliphatic rings. The van der Waals surface area contributed by atoms with Gasteiger partial charge in [0.25, 0.3) is 5.91 Å². The standard InChI is InChI=1S/C18H18N2O3S/c1-23-14-8-6-12(7-9-14)18(22)20-19-15(11-21)17-10-13-4-2-3-5-16(13)24-17/h2-10,15,19,21H,11H2,1H3,(H,20,22). The lowest BCUT2D eigenvalue weighted by atomic mass is 10.2. The van der Waals surface area contributed by atoms with Crippen LogP contribution >= 0.6 is 11.3 Å². The van der Waals surface area contributed by atoms with Crippen LogP contribution in [0.3, 0.4) is 0 Å². The summed E-state index contributed by atoms with van der Waals surface area (Å²) in [6, 6.07) is 16.5. The number of methoxy groups -OCH3 is 1. The summed E-state index contributed by atoms with van der Waals surface area (Å²) in [5.41, 5.74) is 6.06. The van der Waals surface area contributed by atoms with Gasteiger partial charge in [-0.05, 0) is 41.8 Å². The van der Waals surface area contributed by atoms with Crippen LogP contribution in [0.25, 0.3) is 10.1 Å². The number of hydrogen-bond donors (Lipinski definition) is 3. The van der Waals surface area contributed by atoms with Gasteiger partial charge < -0.3 is 9.84 Å². The minimum Gasteiger partial charge on any atom is -0.497 e. The first kappa shape index (κ1) is 16.4. The van der Waals surface area contributed by atoms with Crippen LogP contribution in [-0.4, -0.2) is 24.7 Å². The van der Waals surface area contributed by atoms with E-state index in [0.717, 1.165) is 15.0 Å². The number of nitrogens with one attached hydrogen (secondary N) is 2. The molecule has 1 heterocycles. The van der Waals surface area contributed by atoms with Crippen molar-refractivity contribution in [3.8, 4) is 5.75 Å². The first-order chi connectivity index (χ1) is 11.7. The van der Waals surface area contributed by atoms with Gasteiger partial charge in [-0.1, -0.05) is 18.2 Å². The Morgan fingerprint density at radius 2 is 1.96 bits per heavy atom. The second-order valence-corrected chi connectivity index (χ2v) is 6.36. The normalized spacial score (nSPS) is 12.1. The summed E-state index contributed by atoms with van der Waals surface area (Å²) in [4.78, 5) is 13.1. The molecule has 0 spiro atoms. The van der Waals surface area contributed by atoms with E-state index >= 15 is 0 Å². The number of thiophene rings is 1. The van der Waals surface area contributed by atoms with Crippen molar-refractivity contribution in [2.24, 2.45) is 0 Å². The average molecular weight is 342 g/mol. The Morgan fingerprint density at radius 3 is 2.62 bits per heavy atom. The highest BCUT2D eigenvalue weighted by atomic mass is 32.1. The van der Waals surface area contributed by atoms with Gasteiger partial charge in [0.2, 0.25) is 0 Å². The van der Waals surface area contributed by atoms with Crippen molar-refractivity contribution in [3.63, 3.8) is 0 Å². The highest BCUT2D eigenvalue weighted by Gasteiger charge is 2.15. The smallest absolute Gasteiger partial charge is 0.265 e. The van der Waals surface area contributed by atoms with E-state index in [1.54, 1.807) is 42.7 Å². The molecule has 0 saturated carbocycles. The van der Waals surface area contributed by atoms with Gasteiger partial charge in [-0.2, -0.15) is 0 Å². The number of rotatable bonds is 6. The van der Waals surface area contributed by atoms with Crippen molar-refractivity contribution in [1.82, 2.24) is 10.9 Å². The quantitative estimate of drug-likeness (QED) is 0.603. The zero-order valence-electron chi connectivity index (χ0n) is 13.2. The van der Waals surface area contributed by atoms with Gasteiger partial charge >= 0.3 is 0 Å². The lowest BCUT2D eigenvalue weighted by Crippen LogP contribution is -2.41. The maximum absolute atomic E-state index is 12.2. The zero-order valence-corrected chi connectivity index (χ0v) is 14.0. The molecule has 2 aromatic carbocycles. The average Bonchev–Trinajstić information content (AvgIpc) is 3.06. The highest BCUT2D eigenvalue weighted by Crippen LogP contribution is 2.29. The molecule has 0 fully saturated rings. The van der Waals surface area contributed by atoms with Gasteiger partial charge in [0.15, 0.2) is 0 Å². The number of carbonyl (C=O) groups excluding carboxylic acids is 1. The lowest BCUT2D eigenvalue weighted by molar-refractivity contribution is 0.0916. The number of carbonyl (C=O) groups is 1. The second-order valence-electron chi connectivity index (χ2n) is 5.25. The summed E-state index contributed by atoms with van der Waals surface area (Å²) >= 11 is 1.59. The second kappa shape index (κ2) is 7.44. The Bertz CT molecular complexity index is 797. The monoisotopic (exact) mass is 342 g/mol. The molecule has 0 aliphatic heterocycles. The van der Waals surface area contributed by atoms with Crippen LogP contribution in [0, 0.1) is 0 Å². The summed E-state index contributed by atoms with van der Waals surface area (Å²) < 4.78 is 6.22. The van der Waals surface area contributed by atoms with E-state index in [1.807, 2.05) is 30.3 Å². The molecule has 0 bridgehead atoms. The Labute approximate surface area is 143 Å². The summed E-state index contributed by atoms with van der Waals surface area (Å²) in [6.45, 7) is -0.115. The van der Waals surface area contributed by atoms with Crippen molar-refractivity contribution in [3.05, 3.63) is 65.0 Å². The maximum atomic E-state index is 12.2. The van der Waals surface area contributed by atoms with Crippen LogP contribution in [0.4, 0.5) is 0 Å². The minimum absolute atomic E-state index is 0.115. The number of ether oxygens (including phenoxy) is 1. The Hall–Kier alpha value is -2.41. The largest absolute Gasteiger partial charge is 0.497 e. The molecule has 1 aromatic heterocycles. The molecule has 1 amide bonds. The van der Waals surface area contributed by atoms with Crippen LogP contribution in [0.15, 0.2) is 54.6 Å². The molecule has 3 N–H and O–H groups in total. The predicted octanol–water partition coefficient (Wildman–Crippen LogP) is 2.88. The minimum atomic E-state index is -0.357. The molecule has 3 rings (SSSR count). The lowest BCUT2D eigenvalue weighted by Gasteiger charge is -2.15. The molecule has 1 unspecified atom stereocenters. The van der Waals surface area contributed by atoms with Crippen molar-refractivity contribution in [2.45, 2.75) is 6.04 Å². The van der Waals surface area contributed by atoms with Gasteiger partial charge in [0.1, 0.15) is 5.75 Å². The predicted molar refractivity (Wildman–Crippen MR) is 95.2 cm³/mol. The van der Waals surface area contributed by atoms with E-state index in [2.05, 4.69) is 10.9 Å². The first-order valence-electron chi connectivity index (χ1n) is 7.50. The van der Waals surface area contributed by atoms with E-state index in [4.69, 9.17) is 4.74 Å². The fourth-order valence-corrected chi connectivity index (χ4v) is 3.46. The van der Waals surface area contributed by atoms with E-state index in [0.29, 0.717) is 11.3 Å². The van der Waals surface area contributed by atoms with Crippen molar-refractivity contribution < 1.29 is 14.6 Å². The Balaban J connectivity index is 1.67. The molecule has 3 aromatic rings. The van der Waals surface area contributed by atoms with Gasteiger partial charge in [0.05, 0.1) is 19.8 Å². The molecule has 5 nitrogen and oxygen atoms in total. The van der Waals surface area contributed by atoms with Crippen molar-refractivity contribution in [1.29, 1.82) is 0 Å². The van der Waals surface area contributed by atoms with Crippen LogP contribution in [0.5, 0.6) is 5.75 Å².